The number of nitrogens with one attached hydrogen (secondary N) is 1. The predicted molar refractivity (Wildman–Crippen MR) is 72.7 cm³/mol. The fourth-order valence-corrected chi connectivity index (χ4v) is 1.75. The number of amides is 1. The van der Waals surface area contributed by atoms with Crippen LogP contribution in [0.4, 0.5) is 5.69 Å². The van der Waals surface area contributed by atoms with E-state index in [0.717, 1.165) is 5.56 Å². The Morgan fingerprint density at radius 2 is 2.21 bits per heavy atom. The van der Waals surface area contributed by atoms with E-state index < -0.39 is 4.92 Å². The number of carbonyl (C=O) groups excluding carboxylic acids is 1. The molecular weight excluding hydrogens is 246 g/mol. The number of hydrogen-bond acceptors (Lipinski definition) is 4. The highest BCUT2D eigenvalue weighted by atomic mass is 16.6. The number of carbonyl (C=O) groups is 1. The average molecular weight is 265 g/mol. The summed E-state index contributed by atoms with van der Waals surface area (Å²) in [5.41, 5.74) is 6.73. The summed E-state index contributed by atoms with van der Waals surface area (Å²) in [5.74, 6) is -0.0961. The summed E-state index contributed by atoms with van der Waals surface area (Å²) in [7, 11) is 0. The van der Waals surface area contributed by atoms with Gasteiger partial charge in [0.05, 0.1) is 11.0 Å². The lowest BCUT2D eigenvalue weighted by atomic mass is 10.0. The van der Waals surface area contributed by atoms with E-state index in [1.165, 1.54) is 6.07 Å². The first kappa shape index (κ1) is 15.1. The molecule has 104 valence electrons. The minimum atomic E-state index is -0.415. The van der Waals surface area contributed by atoms with E-state index in [1.807, 2.05) is 0 Å². The molecule has 3 N–H and O–H groups in total. The number of nitro benzene ring substituents is 1. The number of benzene rings is 1. The maximum absolute atomic E-state index is 11.6. The summed E-state index contributed by atoms with van der Waals surface area (Å²) in [6.07, 6.45) is 1.00. The van der Waals surface area contributed by atoms with Gasteiger partial charge in [0.15, 0.2) is 0 Å². The third-order valence-electron chi connectivity index (χ3n) is 2.92. The van der Waals surface area contributed by atoms with Crippen molar-refractivity contribution in [3.8, 4) is 0 Å². The molecule has 0 spiro atoms. The van der Waals surface area contributed by atoms with Gasteiger partial charge in [0.25, 0.3) is 5.69 Å². The Kier molecular flexibility index (Phi) is 5.44. The molecule has 19 heavy (non-hydrogen) atoms. The average Bonchev–Trinajstić information content (AvgIpc) is 2.36. The van der Waals surface area contributed by atoms with E-state index in [-0.39, 0.29) is 17.6 Å². The number of nitro groups is 1. The standard InChI is InChI=1S/C13H19N3O3/c1-9-5-6-11(8-12(9)16(18)19)10(2)15-13(17)4-3-7-14/h5-6,8,10H,3-4,7,14H2,1-2H3,(H,15,17). The summed E-state index contributed by atoms with van der Waals surface area (Å²) >= 11 is 0. The minimum absolute atomic E-state index is 0.0700. The highest BCUT2D eigenvalue weighted by molar-refractivity contribution is 5.76. The van der Waals surface area contributed by atoms with Crippen molar-refractivity contribution in [1.82, 2.24) is 5.32 Å². The topological polar surface area (TPSA) is 98.3 Å². The van der Waals surface area contributed by atoms with Crippen molar-refractivity contribution in [2.24, 2.45) is 5.73 Å². The van der Waals surface area contributed by atoms with Crippen LogP contribution in [0.5, 0.6) is 0 Å². The van der Waals surface area contributed by atoms with Gasteiger partial charge in [-0.15, -0.1) is 0 Å². The zero-order chi connectivity index (χ0) is 14.4. The molecule has 0 aliphatic carbocycles. The van der Waals surface area contributed by atoms with Gasteiger partial charge < -0.3 is 11.1 Å². The Morgan fingerprint density at radius 3 is 2.79 bits per heavy atom. The Labute approximate surface area is 112 Å². The second-order valence-corrected chi connectivity index (χ2v) is 4.48. The summed E-state index contributed by atoms with van der Waals surface area (Å²) in [4.78, 5) is 22.0. The second-order valence-electron chi connectivity index (χ2n) is 4.48. The van der Waals surface area contributed by atoms with Crippen molar-refractivity contribution in [1.29, 1.82) is 0 Å². The van der Waals surface area contributed by atoms with Gasteiger partial charge in [-0.2, -0.15) is 0 Å². The van der Waals surface area contributed by atoms with E-state index in [2.05, 4.69) is 5.32 Å². The van der Waals surface area contributed by atoms with Crippen molar-refractivity contribution in [2.75, 3.05) is 6.54 Å². The number of nitrogens with zero attached hydrogens (tertiary/aromatic N) is 1. The minimum Gasteiger partial charge on any atom is -0.350 e. The third kappa shape index (κ3) is 4.33. The molecule has 0 heterocycles. The molecule has 1 aromatic rings. The Hall–Kier alpha value is -1.95. The molecule has 6 heteroatoms. The monoisotopic (exact) mass is 265 g/mol. The number of hydrogen-bond donors (Lipinski definition) is 2. The van der Waals surface area contributed by atoms with Crippen molar-refractivity contribution in [3.05, 3.63) is 39.4 Å². The maximum Gasteiger partial charge on any atom is 0.272 e. The molecule has 0 bridgehead atoms. The molecule has 0 aromatic heterocycles. The molecule has 0 fully saturated rings. The molecule has 1 rings (SSSR count). The van der Waals surface area contributed by atoms with E-state index in [9.17, 15) is 14.9 Å². The van der Waals surface area contributed by atoms with Crippen LogP contribution in [0.2, 0.25) is 0 Å². The first-order chi connectivity index (χ1) is 8.95. The van der Waals surface area contributed by atoms with Crippen LogP contribution in [0.25, 0.3) is 0 Å². The molecule has 0 aliphatic heterocycles. The molecule has 1 aromatic carbocycles. The molecule has 1 unspecified atom stereocenters. The van der Waals surface area contributed by atoms with Crippen molar-refractivity contribution >= 4 is 11.6 Å². The number of aryl methyl sites for hydroxylation is 1. The van der Waals surface area contributed by atoms with E-state index in [1.54, 1.807) is 26.0 Å². The van der Waals surface area contributed by atoms with E-state index in [0.29, 0.717) is 24.9 Å². The summed E-state index contributed by atoms with van der Waals surface area (Å²) in [6.45, 7) is 3.96. The van der Waals surface area contributed by atoms with Gasteiger partial charge in [-0.25, -0.2) is 0 Å². The van der Waals surface area contributed by atoms with Gasteiger partial charge in [0.2, 0.25) is 5.91 Å². The van der Waals surface area contributed by atoms with Crippen molar-refractivity contribution in [2.45, 2.75) is 32.7 Å². The molecular formula is C13H19N3O3. The van der Waals surface area contributed by atoms with Crippen LogP contribution in [0.15, 0.2) is 18.2 Å². The van der Waals surface area contributed by atoms with Crippen LogP contribution in [0.3, 0.4) is 0 Å². The highest BCUT2D eigenvalue weighted by Gasteiger charge is 2.15. The highest BCUT2D eigenvalue weighted by Crippen LogP contribution is 2.23. The SMILES string of the molecule is Cc1ccc(C(C)NC(=O)CCCN)cc1[N+](=O)[O-]. The smallest absolute Gasteiger partial charge is 0.272 e. The lowest BCUT2D eigenvalue weighted by molar-refractivity contribution is -0.385. The Balaban J connectivity index is 2.77. The van der Waals surface area contributed by atoms with Crippen LogP contribution >= 0.6 is 0 Å². The summed E-state index contributed by atoms with van der Waals surface area (Å²) in [5, 5.41) is 13.7. The van der Waals surface area contributed by atoms with E-state index in [4.69, 9.17) is 5.73 Å². The summed E-state index contributed by atoms with van der Waals surface area (Å²) < 4.78 is 0. The van der Waals surface area contributed by atoms with Crippen LogP contribution in [0, 0.1) is 17.0 Å². The Morgan fingerprint density at radius 1 is 1.53 bits per heavy atom. The first-order valence-corrected chi connectivity index (χ1v) is 6.20. The normalized spacial score (nSPS) is 11.9. The quantitative estimate of drug-likeness (QED) is 0.605. The maximum atomic E-state index is 11.6. The predicted octanol–water partition coefficient (Wildman–Crippen LogP) is 1.82. The van der Waals surface area contributed by atoms with Crippen LogP contribution in [-0.4, -0.2) is 17.4 Å². The van der Waals surface area contributed by atoms with Crippen LogP contribution < -0.4 is 11.1 Å². The zero-order valence-electron chi connectivity index (χ0n) is 11.2. The lowest BCUT2D eigenvalue weighted by Gasteiger charge is -2.14. The summed E-state index contributed by atoms with van der Waals surface area (Å²) in [6, 6.07) is 4.72. The largest absolute Gasteiger partial charge is 0.350 e. The van der Waals surface area contributed by atoms with Gasteiger partial charge >= 0.3 is 0 Å². The Bertz CT molecular complexity index is 474. The van der Waals surface area contributed by atoms with Crippen LogP contribution in [-0.2, 0) is 4.79 Å². The number of nitrogens with two attached hydrogens (primary N) is 1. The zero-order valence-corrected chi connectivity index (χ0v) is 11.2. The van der Waals surface area contributed by atoms with E-state index >= 15 is 0 Å². The lowest BCUT2D eigenvalue weighted by Crippen LogP contribution is -2.27. The van der Waals surface area contributed by atoms with Crippen molar-refractivity contribution < 1.29 is 9.72 Å². The molecule has 1 atom stereocenters. The second kappa shape index (κ2) is 6.84. The third-order valence-corrected chi connectivity index (χ3v) is 2.92. The van der Waals surface area contributed by atoms with Crippen LogP contribution in [0.1, 0.15) is 36.9 Å². The van der Waals surface area contributed by atoms with Gasteiger partial charge in [0, 0.05) is 18.1 Å². The molecule has 0 saturated carbocycles. The molecule has 0 radical (unpaired) electrons. The van der Waals surface area contributed by atoms with Gasteiger partial charge in [-0.1, -0.05) is 12.1 Å². The molecule has 0 aliphatic rings. The molecule has 0 saturated heterocycles. The molecule has 1 amide bonds. The molecule has 6 nitrogen and oxygen atoms in total. The van der Waals surface area contributed by atoms with Gasteiger partial charge in [-0.3, -0.25) is 14.9 Å². The van der Waals surface area contributed by atoms with Crippen molar-refractivity contribution in [3.63, 3.8) is 0 Å². The first-order valence-electron chi connectivity index (χ1n) is 6.20. The van der Waals surface area contributed by atoms with Gasteiger partial charge in [0.1, 0.15) is 0 Å². The van der Waals surface area contributed by atoms with Gasteiger partial charge in [-0.05, 0) is 32.4 Å². The fraction of sp³-hybridized carbons (Fsp3) is 0.462. The fourth-order valence-electron chi connectivity index (χ4n) is 1.75. The number of rotatable bonds is 6.